The van der Waals surface area contributed by atoms with E-state index in [1.54, 1.807) is 27.7 Å². The Morgan fingerprint density at radius 3 is 2.08 bits per heavy atom. The first kappa shape index (κ1) is 44.4. The Hall–Kier alpha value is -0.970. The summed E-state index contributed by atoms with van der Waals surface area (Å²) in [5, 5.41) is 58.0. The summed E-state index contributed by atoms with van der Waals surface area (Å²) < 4.78 is 31.8. The maximum absolute atomic E-state index is 14.2. The maximum Gasteiger partial charge on any atom is 0.311 e. The van der Waals surface area contributed by atoms with Gasteiger partial charge in [-0.2, -0.15) is 0 Å². The Morgan fingerprint density at radius 2 is 1.53 bits per heavy atom. The lowest BCUT2D eigenvalue weighted by Gasteiger charge is -2.48. The molecule has 13 heteroatoms. The van der Waals surface area contributed by atoms with Crippen molar-refractivity contribution in [1.29, 1.82) is 0 Å². The van der Waals surface area contributed by atoms with Crippen LogP contribution in [0.1, 0.15) is 102 Å². The van der Waals surface area contributed by atoms with Crippen LogP contribution in [0.5, 0.6) is 0 Å². The van der Waals surface area contributed by atoms with Crippen molar-refractivity contribution in [2.45, 2.75) is 187 Å². The average molecular weight is 733 g/mol. The number of cyclic esters (lactones) is 1. The fourth-order valence-electron chi connectivity index (χ4n) is 8.77. The van der Waals surface area contributed by atoms with E-state index in [9.17, 15) is 30.3 Å². The lowest BCUT2D eigenvalue weighted by Crippen LogP contribution is -2.60. The highest BCUT2D eigenvalue weighted by molar-refractivity contribution is 5.73. The van der Waals surface area contributed by atoms with E-state index in [-0.39, 0.29) is 30.9 Å². The van der Waals surface area contributed by atoms with Gasteiger partial charge < -0.3 is 59.0 Å². The second-order valence-corrected chi connectivity index (χ2v) is 17.6. The highest BCUT2D eigenvalue weighted by Gasteiger charge is 2.52. The molecule has 0 aromatic heterocycles. The molecule has 13 nitrogen and oxygen atoms in total. The first-order chi connectivity index (χ1) is 23.3. The van der Waals surface area contributed by atoms with Gasteiger partial charge in [-0.15, -0.1) is 0 Å². The van der Waals surface area contributed by atoms with Crippen molar-refractivity contribution in [3.05, 3.63) is 0 Å². The SMILES string of the molecule is CC[C@H]1OC(=O)[C@H](C)[C@@H](O[C@H]2CC(C)(C)[C@@H](O)[C@H](C)O2)[C@H](C)[C@@H](O[C@@H]2O[C@H](C)C[C@H](N(C)C)[C@H]2O)[C@](C)(O)C[C@@H](C)CN(C)[C@H](C)[C@@H](O)[C@]1(C)O. The summed E-state index contributed by atoms with van der Waals surface area (Å²) in [6.07, 6.45) is -7.32. The highest BCUT2D eigenvalue weighted by atomic mass is 16.7. The van der Waals surface area contributed by atoms with Crippen molar-refractivity contribution in [3.63, 3.8) is 0 Å². The van der Waals surface area contributed by atoms with Gasteiger partial charge in [0.15, 0.2) is 12.6 Å². The second kappa shape index (κ2) is 17.2. The zero-order valence-corrected chi connectivity index (χ0v) is 33.8. The zero-order valence-electron chi connectivity index (χ0n) is 33.8. The molecule has 0 unspecified atom stereocenters. The third kappa shape index (κ3) is 10.2. The lowest BCUT2D eigenvalue weighted by molar-refractivity contribution is -0.312. The van der Waals surface area contributed by atoms with Gasteiger partial charge in [0, 0.05) is 31.0 Å². The van der Waals surface area contributed by atoms with Gasteiger partial charge in [-0.25, -0.2) is 0 Å². The Morgan fingerprint density at radius 1 is 0.922 bits per heavy atom. The Balaban J connectivity index is 2.16. The van der Waals surface area contributed by atoms with Crippen molar-refractivity contribution >= 4 is 5.97 Å². The molecule has 0 amide bonds. The largest absolute Gasteiger partial charge is 0.459 e. The molecule has 3 rings (SSSR count). The third-order valence-corrected chi connectivity index (χ3v) is 12.0. The molecule has 3 fully saturated rings. The van der Waals surface area contributed by atoms with Gasteiger partial charge in [0.25, 0.3) is 0 Å². The molecular weight excluding hydrogens is 660 g/mol. The van der Waals surface area contributed by atoms with Crippen molar-refractivity contribution in [2.75, 3.05) is 27.7 Å². The number of carbonyl (C=O) groups is 1. The van der Waals surface area contributed by atoms with E-state index in [1.165, 1.54) is 6.92 Å². The fraction of sp³-hybridized carbons (Fsp3) is 0.974. The molecule has 3 saturated heterocycles. The molecule has 0 aromatic rings. The van der Waals surface area contributed by atoms with Crippen molar-refractivity contribution in [2.24, 2.45) is 23.2 Å². The van der Waals surface area contributed by atoms with Crippen molar-refractivity contribution < 1.29 is 54.0 Å². The number of esters is 1. The summed E-state index contributed by atoms with van der Waals surface area (Å²) >= 11 is 0. The number of hydrogen-bond acceptors (Lipinski definition) is 13. The smallest absolute Gasteiger partial charge is 0.311 e. The number of rotatable bonds is 6. The van der Waals surface area contributed by atoms with Crippen molar-refractivity contribution in [1.82, 2.24) is 9.80 Å². The number of likely N-dealkylation sites (N-methyl/N-ethyl adjacent to an activating group) is 2. The molecule has 0 spiro atoms. The van der Waals surface area contributed by atoms with E-state index in [0.717, 1.165) is 0 Å². The molecule has 17 atom stereocenters. The molecule has 0 aromatic carbocycles. The molecule has 0 radical (unpaired) electrons. The predicted molar refractivity (Wildman–Crippen MR) is 193 cm³/mol. The van der Waals surface area contributed by atoms with Gasteiger partial charge in [-0.3, -0.25) is 4.79 Å². The molecule has 3 aliphatic heterocycles. The average Bonchev–Trinajstić information content (AvgIpc) is 3.02. The Kier molecular flexibility index (Phi) is 15.0. The van der Waals surface area contributed by atoms with Crippen LogP contribution in [0.25, 0.3) is 0 Å². The summed E-state index contributed by atoms with van der Waals surface area (Å²) in [4.78, 5) is 18.0. The van der Waals surface area contributed by atoms with Crippen LogP contribution in [0.3, 0.4) is 0 Å². The summed E-state index contributed by atoms with van der Waals surface area (Å²) in [7, 11) is 5.63. The minimum atomic E-state index is -1.78. The van der Waals surface area contributed by atoms with E-state index in [4.69, 9.17) is 23.7 Å². The topological polar surface area (TPSA) is 171 Å². The van der Waals surface area contributed by atoms with E-state index < -0.39 is 95.8 Å². The van der Waals surface area contributed by atoms with E-state index in [2.05, 4.69) is 0 Å². The predicted octanol–water partition coefficient (Wildman–Crippen LogP) is 2.52. The first-order valence-electron chi connectivity index (χ1n) is 19.0. The van der Waals surface area contributed by atoms with E-state index >= 15 is 0 Å². The number of hydrogen-bond donors (Lipinski definition) is 5. The number of aliphatic hydroxyl groups excluding tert-OH is 3. The van der Waals surface area contributed by atoms with Crippen LogP contribution in [-0.2, 0) is 28.5 Å². The van der Waals surface area contributed by atoms with Gasteiger partial charge in [0.05, 0.1) is 42.0 Å². The van der Waals surface area contributed by atoms with E-state index in [1.807, 2.05) is 72.5 Å². The van der Waals surface area contributed by atoms with E-state index in [0.29, 0.717) is 19.4 Å². The number of nitrogens with zero attached hydrogens (tertiary/aromatic N) is 2. The molecular formula is C38H72N2O11. The zero-order chi connectivity index (χ0) is 39.0. The monoisotopic (exact) mass is 733 g/mol. The van der Waals surface area contributed by atoms with Crippen LogP contribution >= 0.6 is 0 Å². The summed E-state index contributed by atoms with van der Waals surface area (Å²) in [5.41, 5.74) is -3.87. The second-order valence-electron chi connectivity index (χ2n) is 17.6. The molecule has 0 aliphatic carbocycles. The van der Waals surface area contributed by atoms with Gasteiger partial charge in [0.2, 0.25) is 0 Å². The molecule has 3 heterocycles. The highest BCUT2D eigenvalue weighted by Crippen LogP contribution is 2.41. The third-order valence-electron chi connectivity index (χ3n) is 12.0. The molecule has 0 bridgehead atoms. The molecule has 5 N–H and O–H groups in total. The summed E-state index contributed by atoms with van der Waals surface area (Å²) in [6.45, 7) is 20.3. The van der Waals surface area contributed by atoms with Crippen molar-refractivity contribution in [3.8, 4) is 0 Å². The standard InChI is InChI=1S/C38H72N2O11/c1-15-27-38(11,46)31(42)24(6)40(14)19-20(2)17-37(10,45)33(51-35-29(41)26(39(12)13)16-21(3)47-35)22(4)30(23(5)34(44)49-27)50-28-18-36(8,9)32(43)25(7)48-28/h20-33,35,41-43,45-46H,15-19H2,1-14H3/t20-,21-,22+,23-,24-,25+,26+,27-,28+,29-,30+,31-,32+,33-,35+,37-,38-/m1/s1. The van der Waals surface area contributed by atoms with Crippen LogP contribution < -0.4 is 0 Å². The van der Waals surface area contributed by atoms with Crippen LogP contribution in [0.15, 0.2) is 0 Å². The van der Waals surface area contributed by atoms with Crippen LogP contribution in [0.4, 0.5) is 0 Å². The maximum atomic E-state index is 14.2. The number of carbonyl (C=O) groups excluding carboxylic acids is 1. The van der Waals surface area contributed by atoms with Crippen LogP contribution in [-0.4, -0.2) is 154 Å². The Bertz CT molecular complexity index is 1120. The molecule has 0 saturated carbocycles. The summed E-state index contributed by atoms with van der Waals surface area (Å²) in [5.74, 6) is -2.46. The number of aliphatic hydroxyl groups is 5. The molecule has 300 valence electrons. The fourth-order valence-corrected chi connectivity index (χ4v) is 8.77. The molecule has 51 heavy (non-hydrogen) atoms. The normalized spacial score (nSPS) is 48.5. The lowest BCUT2D eigenvalue weighted by atomic mass is 9.77. The van der Waals surface area contributed by atoms with Crippen LogP contribution in [0, 0.1) is 23.2 Å². The Labute approximate surface area is 306 Å². The van der Waals surface area contributed by atoms with Gasteiger partial charge >= 0.3 is 5.97 Å². The van der Waals surface area contributed by atoms with Gasteiger partial charge in [0.1, 0.15) is 23.9 Å². The minimum absolute atomic E-state index is 0.125. The van der Waals surface area contributed by atoms with Crippen LogP contribution in [0.2, 0.25) is 0 Å². The van der Waals surface area contributed by atoms with Gasteiger partial charge in [-0.1, -0.05) is 34.6 Å². The quantitative estimate of drug-likeness (QED) is 0.253. The number of ether oxygens (including phenoxy) is 5. The summed E-state index contributed by atoms with van der Waals surface area (Å²) in [6, 6.07) is -0.781. The first-order valence-corrected chi connectivity index (χ1v) is 19.0. The minimum Gasteiger partial charge on any atom is -0.459 e. The van der Waals surface area contributed by atoms with Gasteiger partial charge in [-0.05, 0) is 93.3 Å². The molecule has 3 aliphatic rings.